The number of nitrogens with zero attached hydrogens (tertiary/aromatic N) is 1. The van der Waals surface area contributed by atoms with Crippen molar-refractivity contribution in [1.29, 1.82) is 5.26 Å². The normalized spacial score (nSPS) is 20.0. The summed E-state index contributed by atoms with van der Waals surface area (Å²) in [6.45, 7) is 3.80. The van der Waals surface area contributed by atoms with Crippen LogP contribution in [0.15, 0.2) is 36.4 Å². The molecule has 1 heterocycles. The van der Waals surface area contributed by atoms with Crippen LogP contribution in [0.4, 0.5) is 5.00 Å². The zero-order valence-electron chi connectivity index (χ0n) is 15.4. The summed E-state index contributed by atoms with van der Waals surface area (Å²) in [5.74, 6) is -1.56. The van der Waals surface area contributed by atoms with E-state index in [9.17, 15) is 14.9 Å². The maximum Gasteiger partial charge on any atom is 0.310 e. The van der Waals surface area contributed by atoms with E-state index in [0.29, 0.717) is 23.4 Å². The van der Waals surface area contributed by atoms with Gasteiger partial charge in [0.25, 0.3) is 0 Å². The van der Waals surface area contributed by atoms with Gasteiger partial charge >= 0.3 is 5.97 Å². The fourth-order valence-electron chi connectivity index (χ4n) is 3.18. The van der Waals surface area contributed by atoms with Gasteiger partial charge in [0.05, 0.1) is 23.5 Å². The smallest absolute Gasteiger partial charge is 0.310 e. The number of rotatable bonds is 5. The van der Waals surface area contributed by atoms with Gasteiger partial charge < -0.3 is 10.1 Å². The first-order chi connectivity index (χ1) is 13.0. The number of nitriles is 1. The molecule has 3 rings (SSSR count). The molecule has 27 heavy (non-hydrogen) atoms. The highest BCUT2D eigenvalue weighted by atomic mass is 32.1. The minimum Gasteiger partial charge on any atom is -0.462 e. The molecule has 1 aliphatic carbocycles. The van der Waals surface area contributed by atoms with Gasteiger partial charge in [0.2, 0.25) is 5.91 Å². The lowest BCUT2D eigenvalue weighted by Crippen LogP contribution is -2.36. The maximum absolute atomic E-state index is 12.9. The summed E-state index contributed by atoms with van der Waals surface area (Å²) >= 11 is 1.38. The number of benzene rings is 1. The summed E-state index contributed by atoms with van der Waals surface area (Å²) in [4.78, 5) is 25.4. The molecule has 0 bridgehead atoms. The van der Waals surface area contributed by atoms with Crippen molar-refractivity contribution in [3.63, 3.8) is 0 Å². The number of esters is 1. The Hall–Kier alpha value is -2.65. The summed E-state index contributed by atoms with van der Waals surface area (Å²) in [5, 5.41) is 13.8. The molecule has 0 fully saturated rings. The summed E-state index contributed by atoms with van der Waals surface area (Å²) in [6, 6.07) is 9.75. The number of hydrogen-bond donors (Lipinski definition) is 1. The monoisotopic (exact) mass is 382 g/mol. The van der Waals surface area contributed by atoms with E-state index in [2.05, 4.69) is 11.4 Å². The standard InChI is InChI=1S/C21H22N2O3S/c1-3-13(2)26-21(25)16-10-5-4-9-15(16)19(24)23-20-17(12-22)14-8-6-7-11-18(14)27-20/h4-8,11,13,15-16H,3,9-10H2,1-2H3,(H,23,24)/t13-,15+,16+/m0/s1. The summed E-state index contributed by atoms with van der Waals surface area (Å²) in [6.07, 6.45) is 5.39. The van der Waals surface area contributed by atoms with E-state index in [1.807, 2.05) is 50.3 Å². The average molecular weight is 382 g/mol. The third-order valence-electron chi connectivity index (χ3n) is 4.91. The molecule has 140 valence electrons. The van der Waals surface area contributed by atoms with E-state index in [0.717, 1.165) is 16.5 Å². The van der Waals surface area contributed by atoms with E-state index in [1.165, 1.54) is 11.3 Å². The first kappa shape index (κ1) is 19.1. The van der Waals surface area contributed by atoms with Crippen LogP contribution in [-0.4, -0.2) is 18.0 Å². The number of anilines is 1. The van der Waals surface area contributed by atoms with E-state index < -0.39 is 11.8 Å². The third kappa shape index (κ3) is 4.04. The van der Waals surface area contributed by atoms with Crippen molar-refractivity contribution in [2.75, 3.05) is 5.32 Å². The minimum absolute atomic E-state index is 0.167. The largest absolute Gasteiger partial charge is 0.462 e. The fraction of sp³-hybridized carbons (Fsp3) is 0.381. The molecule has 0 radical (unpaired) electrons. The molecule has 6 heteroatoms. The predicted molar refractivity (Wildman–Crippen MR) is 106 cm³/mol. The molecule has 0 saturated heterocycles. The Balaban J connectivity index is 1.81. The summed E-state index contributed by atoms with van der Waals surface area (Å²) < 4.78 is 6.40. The average Bonchev–Trinajstić information content (AvgIpc) is 3.04. The SMILES string of the molecule is CC[C@H](C)OC(=O)[C@@H]1CC=CC[C@H]1C(=O)Nc1sc2ccccc2c1C#N. The second-order valence-corrected chi connectivity index (χ2v) is 7.77. The maximum atomic E-state index is 12.9. The molecule has 1 N–H and O–H groups in total. The second kappa shape index (κ2) is 8.36. The van der Waals surface area contributed by atoms with Crippen LogP contribution in [0.2, 0.25) is 0 Å². The minimum atomic E-state index is -0.497. The molecule has 0 spiro atoms. The van der Waals surface area contributed by atoms with Gasteiger partial charge in [-0.1, -0.05) is 37.3 Å². The zero-order chi connectivity index (χ0) is 19.4. The van der Waals surface area contributed by atoms with Crippen LogP contribution in [0.25, 0.3) is 10.1 Å². The number of carbonyl (C=O) groups is 2. The molecule has 2 aromatic rings. The van der Waals surface area contributed by atoms with Gasteiger partial charge in [-0.25, -0.2) is 0 Å². The number of allylic oxidation sites excluding steroid dienone is 2. The van der Waals surface area contributed by atoms with E-state index >= 15 is 0 Å². The lowest BCUT2D eigenvalue weighted by atomic mass is 9.82. The number of thiophene rings is 1. The molecular formula is C21H22N2O3S. The van der Waals surface area contributed by atoms with Gasteiger partial charge in [-0.2, -0.15) is 5.26 Å². The van der Waals surface area contributed by atoms with Crippen LogP contribution >= 0.6 is 11.3 Å². The Bertz CT molecular complexity index is 925. The van der Waals surface area contributed by atoms with Gasteiger partial charge in [0.15, 0.2) is 0 Å². The summed E-state index contributed by atoms with van der Waals surface area (Å²) in [7, 11) is 0. The van der Waals surface area contributed by atoms with Crippen molar-refractivity contribution < 1.29 is 14.3 Å². The number of fused-ring (bicyclic) bond motifs is 1. The van der Waals surface area contributed by atoms with Crippen LogP contribution in [0, 0.1) is 23.2 Å². The highest BCUT2D eigenvalue weighted by Gasteiger charge is 2.36. The second-order valence-electron chi connectivity index (χ2n) is 6.71. The van der Waals surface area contributed by atoms with Crippen molar-refractivity contribution in [2.24, 2.45) is 11.8 Å². The Kier molecular flexibility index (Phi) is 5.92. The lowest BCUT2D eigenvalue weighted by molar-refractivity contribution is -0.157. The molecule has 5 nitrogen and oxygen atoms in total. The van der Waals surface area contributed by atoms with Gasteiger partial charge in [0, 0.05) is 10.1 Å². The third-order valence-corrected chi connectivity index (χ3v) is 5.99. The van der Waals surface area contributed by atoms with Gasteiger partial charge in [-0.05, 0) is 32.3 Å². The van der Waals surface area contributed by atoms with Crippen LogP contribution < -0.4 is 5.32 Å². The van der Waals surface area contributed by atoms with Crippen LogP contribution in [0.1, 0.15) is 38.7 Å². The quantitative estimate of drug-likeness (QED) is 0.604. The number of hydrogen-bond acceptors (Lipinski definition) is 5. The Labute approximate surface area is 162 Å². The van der Waals surface area contributed by atoms with Crippen molar-refractivity contribution >= 4 is 38.3 Å². The molecule has 1 amide bonds. The zero-order valence-corrected chi connectivity index (χ0v) is 16.2. The Morgan fingerprint density at radius 1 is 1.30 bits per heavy atom. The Morgan fingerprint density at radius 3 is 2.70 bits per heavy atom. The van der Waals surface area contributed by atoms with E-state index in [4.69, 9.17) is 4.74 Å². The van der Waals surface area contributed by atoms with Gasteiger partial charge in [0.1, 0.15) is 11.1 Å². The van der Waals surface area contributed by atoms with Crippen LogP contribution in [0.5, 0.6) is 0 Å². The van der Waals surface area contributed by atoms with Crippen molar-refractivity contribution in [2.45, 2.75) is 39.2 Å². The Morgan fingerprint density at radius 2 is 2.00 bits per heavy atom. The number of ether oxygens (including phenoxy) is 1. The lowest BCUT2D eigenvalue weighted by Gasteiger charge is -2.27. The number of carbonyl (C=O) groups excluding carboxylic acids is 2. The van der Waals surface area contributed by atoms with E-state index in [1.54, 1.807) is 0 Å². The van der Waals surface area contributed by atoms with Crippen molar-refractivity contribution in [3.8, 4) is 6.07 Å². The molecule has 1 aliphatic rings. The first-order valence-electron chi connectivity index (χ1n) is 9.13. The molecule has 0 saturated carbocycles. The molecule has 0 aliphatic heterocycles. The number of amides is 1. The van der Waals surface area contributed by atoms with Gasteiger partial charge in [-0.3, -0.25) is 9.59 Å². The fourth-order valence-corrected chi connectivity index (χ4v) is 4.24. The number of nitrogens with one attached hydrogen (secondary N) is 1. The highest BCUT2D eigenvalue weighted by Crippen LogP contribution is 2.36. The topological polar surface area (TPSA) is 79.2 Å². The van der Waals surface area contributed by atoms with Crippen molar-refractivity contribution in [1.82, 2.24) is 0 Å². The summed E-state index contributed by atoms with van der Waals surface area (Å²) in [5.41, 5.74) is 0.467. The molecule has 1 aromatic carbocycles. The van der Waals surface area contributed by atoms with E-state index in [-0.39, 0.29) is 18.0 Å². The highest BCUT2D eigenvalue weighted by molar-refractivity contribution is 7.23. The van der Waals surface area contributed by atoms with Gasteiger partial charge in [-0.15, -0.1) is 11.3 Å². The van der Waals surface area contributed by atoms with Crippen molar-refractivity contribution in [3.05, 3.63) is 42.0 Å². The molecule has 0 unspecified atom stereocenters. The molecule has 1 aromatic heterocycles. The predicted octanol–water partition coefficient (Wildman–Crippen LogP) is 4.64. The van der Waals surface area contributed by atoms with Crippen LogP contribution in [0.3, 0.4) is 0 Å². The molecular weight excluding hydrogens is 360 g/mol. The van der Waals surface area contributed by atoms with Crippen LogP contribution in [-0.2, 0) is 14.3 Å². The molecule has 3 atom stereocenters. The first-order valence-corrected chi connectivity index (χ1v) is 9.94.